The van der Waals surface area contributed by atoms with Crippen LogP contribution in [0.2, 0.25) is 10.0 Å². The van der Waals surface area contributed by atoms with Crippen molar-refractivity contribution in [1.82, 2.24) is 0 Å². The second-order valence-electron chi connectivity index (χ2n) is 5.55. The highest BCUT2D eigenvalue weighted by atomic mass is 35.5. The van der Waals surface area contributed by atoms with E-state index in [9.17, 15) is 19.3 Å². The summed E-state index contributed by atoms with van der Waals surface area (Å²) in [6.45, 7) is 0. The number of anilines is 1. The lowest BCUT2D eigenvalue weighted by Crippen LogP contribution is -2.08. The van der Waals surface area contributed by atoms with E-state index in [1.807, 2.05) is 0 Å². The Kier molecular flexibility index (Phi) is 5.77. The third kappa shape index (κ3) is 4.39. The number of hydrogen-bond acceptors (Lipinski definition) is 4. The maximum atomic E-state index is 13.3. The fourth-order valence-electron chi connectivity index (χ4n) is 2.35. The zero-order chi connectivity index (χ0) is 20.3. The number of hydrogen-bond donors (Lipinski definition) is 1. The van der Waals surface area contributed by atoms with Gasteiger partial charge in [0.15, 0.2) is 0 Å². The number of nitrogens with one attached hydrogen (secondary N) is 1. The Morgan fingerprint density at radius 3 is 2.71 bits per heavy atom. The van der Waals surface area contributed by atoms with Crippen LogP contribution in [-0.4, -0.2) is 10.8 Å². The van der Waals surface area contributed by atoms with Crippen LogP contribution < -0.4 is 5.32 Å². The van der Waals surface area contributed by atoms with E-state index in [1.165, 1.54) is 18.2 Å². The van der Waals surface area contributed by atoms with Gasteiger partial charge in [-0.2, -0.15) is 4.39 Å². The summed E-state index contributed by atoms with van der Waals surface area (Å²) in [5.41, 5.74) is -0.0265. The van der Waals surface area contributed by atoms with Gasteiger partial charge in [-0.25, -0.2) is 0 Å². The molecule has 0 bridgehead atoms. The lowest BCUT2D eigenvalue weighted by molar-refractivity contribution is -0.387. The molecule has 28 heavy (non-hydrogen) atoms. The van der Waals surface area contributed by atoms with Crippen molar-refractivity contribution in [2.75, 3.05) is 5.32 Å². The van der Waals surface area contributed by atoms with Crippen LogP contribution in [0.3, 0.4) is 0 Å². The number of rotatable bonds is 5. The standard InChI is InChI=1S/C19H11Cl2FN2O4/c20-14-3-1-2-13(19(14)21)17-8-5-12(28-17)6-9-18(25)23-11-4-7-15(22)16(10-11)24(26)27/h1-10H,(H,23,25). The van der Waals surface area contributed by atoms with Crippen LogP contribution in [0, 0.1) is 15.9 Å². The van der Waals surface area contributed by atoms with Crippen molar-refractivity contribution in [2.45, 2.75) is 0 Å². The minimum Gasteiger partial charge on any atom is -0.457 e. The first-order valence-corrected chi connectivity index (χ1v) is 8.58. The molecule has 1 heterocycles. The molecule has 142 valence electrons. The first-order valence-electron chi connectivity index (χ1n) is 7.82. The summed E-state index contributed by atoms with van der Waals surface area (Å²) in [6.07, 6.45) is 2.59. The van der Waals surface area contributed by atoms with Crippen LogP contribution >= 0.6 is 23.2 Å². The highest BCUT2D eigenvalue weighted by Gasteiger charge is 2.15. The molecule has 6 nitrogen and oxygen atoms in total. The maximum Gasteiger partial charge on any atom is 0.306 e. The van der Waals surface area contributed by atoms with E-state index in [4.69, 9.17) is 27.6 Å². The first kappa shape index (κ1) is 19.6. The van der Waals surface area contributed by atoms with Gasteiger partial charge in [-0.3, -0.25) is 14.9 Å². The highest BCUT2D eigenvalue weighted by molar-refractivity contribution is 6.43. The van der Waals surface area contributed by atoms with Crippen molar-refractivity contribution < 1.29 is 18.5 Å². The fourth-order valence-corrected chi connectivity index (χ4v) is 2.75. The fraction of sp³-hybridized carbons (Fsp3) is 0. The summed E-state index contributed by atoms with van der Waals surface area (Å²) in [5.74, 6) is -0.700. The number of amides is 1. The van der Waals surface area contributed by atoms with Crippen LogP contribution in [0.15, 0.2) is 59.0 Å². The summed E-state index contributed by atoms with van der Waals surface area (Å²) in [5, 5.41) is 13.9. The number of nitrogens with zero attached hydrogens (tertiary/aromatic N) is 1. The Balaban J connectivity index is 1.72. The van der Waals surface area contributed by atoms with E-state index in [1.54, 1.807) is 30.3 Å². The summed E-state index contributed by atoms with van der Waals surface area (Å²) in [6, 6.07) is 11.5. The average Bonchev–Trinajstić information content (AvgIpc) is 3.12. The molecule has 9 heteroatoms. The average molecular weight is 421 g/mol. The maximum absolute atomic E-state index is 13.3. The molecule has 1 amide bonds. The Bertz CT molecular complexity index is 1100. The Hall–Kier alpha value is -3.16. The molecule has 0 saturated heterocycles. The van der Waals surface area contributed by atoms with Crippen molar-refractivity contribution in [3.05, 3.63) is 86.3 Å². The molecule has 3 rings (SSSR count). The molecule has 0 aliphatic heterocycles. The third-order valence-corrected chi connectivity index (χ3v) is 4.47. The Labute approximate surface area is 168 Å². The van der Waals surface area contributed by atoms with Gasteiger partial charge < -0.3 is 9.73 Å². The predicted octanol–water partition coefficient (Wildman–Crippen LogP) is 5.95. The lowest BCUT2D eigenvalue weighted by atomic mass is 10.2. The van der Waals surface area contributed by atoms with Crippen molar-refractivity contribution >= 4 is 46.6 Å². The second-order valence-corrected chi connectivity index (χ2v) is 6.33. The van der Waals surface area contributed by atoms with Gasteiger partial charge in [0, 0.05) is 23.4 Å². The quantitative estimate of drug-likeness (QED) is 0.313. The van der Waals surface area contributed by atoms with Gasteiger partial charge in [-0.15, -0.1) is 0 Å². The molecule has 0 aliphatic rings. The monoisotopic (exact) mass is 420 g/mol. The molecule has 0 fully saturated rings. The summed E-state index contributed by atoms with van der Waals surface area (Å²) in [7, 11) is 0. The second kappa shape index (κ2) is 8.24. The van der Waals surface area contributed by atoms with Crippen LogP contribution in [-0.2, 0) is 4.79 Å². The predicted molar refractivity (Wildman–Crippen MR) is 105 cm³/mol. The molecule has 0 spiro atoms. The molecule has 0 saturated carbocycles. The molecule has 1 aromatic heterocycles. The zero-order valence-corrected chi connectivity index (χ0v) is 15.5. The number of benzene rings is 2. The SMILES string of the molecule is O=C(C=Cc1ccc(-c2cccc(Cl)c2Cl)o1)Nc1ccc(F)c([N+](=O)[O-])c1. The summed E-state index contributed by atoms with van der Waals surface area (Å²) >= 11 is 12.1. The topological polar surface area (TPSA) is 85.4 Å². The van der Waals surface area contributed by atoms with Gasteiger partial charge in [-0.05, 0) is 42.5 Å². The molecular weight excluding hydrogens is 410 g/mol. The van der Waals surface area contributed by atoms with Gasteiger partial charge in [-0.1, -0.05) is 29.3 Å². The molecule has 0 radical (unpaired) electrons. The van der Waals surface area contributed by atoms with Crippen LogP contribution in [0.25, 0.3) is 17.4 Å². The van der Waals surface area contributed by atoms with Crippen LogP contribution in [0.5, 0.6) is 0 Å². The van der Waals surface area contributed by atoms with E-state index >= 15 is 0 Å². The number of halogens is 3. The van der Waals surface area contributed by atoms with Crippen molar-refractivity contribution in [3.8, 4) is 11.3 Å². The summed E-state index contributed by atoms with van der Waals surface area (Å²) in [4.78, 5) is 21.9. The van der Waals surface area contributed by atoms with Gasteiger partial charge in [0.2, 0.25) is 11.7 Å². The minimum atomic E-state index is -0.985. The molecule has 0 atom stereocenters. The smallest absolute Gasteiger partial charge is 0.306 e. The van der Waals surface area contributed by atoms with E-state index in [-0.39, 0.29) is 5.69 Å². The van der Waals surface area contributed by atoms with Crippen molar-refractivity contribution in [3.63, 3.8) is 0 Å². The van der Waals surface area contributed by atoms with E-state index in [0.717, 1.165) is 12.1 Å². The number of furan rings is 1. The zero-order valence-electron chi connectivity index (χ0n) is 14.0. The van der Waals surface area contributed by atoms with Crippen molar-refractivity contribution in [2.24, 2.45) is 0 Å². The Morgan fingerprint density at radius 1 is 1.18 bits per heavy atom. The number of carbonyl (C=O) groups is 1. The summed E-state index contributed by atoms with van der Waals surface area (Å²) < 4.78 is 18.9. The van der Waals surface area contributed by atoms with Gasteiger partial charge in [0.1, 0.15) is 11.5 Å². The molecule has 0 unspecified atom stereocenters. The normalized spacial score (nSPS) is 11.0. The molecular formula is C19H11Cl2FN2O4. The van der Waals surface area contributed by atoms with Crippen LogP contribution in [0.1, 0.15) is 5.76 Å². The number of nitro groups is 1. The van der Waals surface area contributed by atoms with E-state index in [2.05, 4.69) is 5.32 Å². The van der Waals surface area contributed by atoms with Crippen LogP contribution in [0.4, 0.5) is 15.8 Å². The number of nitro benzene ring substituents is 1. The molecule has 0 aliphatic carbocycles. The largest absolute Gasteiger partial charge is 0.457 e. The van der Waals surface area contributed by atoms with Gasteiger partial charge in [0.25, 0.3) is 0 Å². The van der Waals surface area contributed by atoms with Crippen molar-refractivity contribution in [1.29, 1.82) is 0 Å². The number of carbonyl (C=O) groups excluding carboxylic acids is 1. The van der Waals surface area contributed by atoms with E-state index in [0.29, 0.717) is 27.1 Å². The lowest BCUT2D eigenvalue weighted by Gasteiger charge is -2.02. The first-order chi connectivity index (χ1) is 13.3. The highest BCUT2D eigenvalue weighted by Crippen LogP contribution is 2.34. The third-order valence-electron chi connectivity index (χ3n) is 3.65. The minimum absolute atomic E-state index is 0.0913. The van der Waals surface area contributed by atoms with Gasteiger partial charge in [0.05, 0.1) is 15.0 Å². The molecule has 2 aromatic carbocycles. The molecule has 3 aromatic rings. The van der Waals surface area contributed by atoms with Gasteiger partial charge >= 0.3 is 5.69 Å². The molecule has 1 N–H and O–H groups in total. The van der Waals surface area contributed by atoms with E-state index < -0.39 is 22.3 Å². The Morgan fingerprint density at radius 2 is 1.96 bits per heavy atom.